The van der Waals surface area contributed by atoms with Crippen molar-refractivity contribution in [2.45, 2.75) is 12.8 Å². The van der Waals surface area contributed by atoms with Crippen molar-refractivity contribution < 1.29 is 14.7 Å². The molecule has 2 aliphatic rings. The van der Waals surface area contributed by atoms with Crippen LogP contribution in [0.25, 0.3) is 0 Å². The van der Waals surface area contributed by atoms with Crippen LogP contribution in [0, 0.1) is 5.41 Å². The molecule has 2 heterocycles. The van der Waals surface area contributed by atoms with E-state index in [1.54, 1.807) is 7.05 Å². The van der Waals surface area contributed by atoms with Gasteiger partial charge in [-0.2, -0.15) is 5.10 Å². The number of hydrogen-bond acceptors (Lipinski definition) is 3. The highest BCUT2D eigenvalue weighted by Gasteiger charge is 2.53. The van der Waals surface area contributed by atoms with Crippen LogP contribution in [-0.4, -0.2) is 52.9 Å². The zero-order valence-corrected chi connectivity index (χ0v) is 11.8. The number of nitrogens with zero attached hydrogens (tertiary/aromatic N) is 3. The Kier molecular flexibility index (Phi) is 3.16. The average molecular weight is 287 g/mol. The van der Waals surface area contributed by atoms with Gasteiger partial charge in [-0.1, -0.05) is 30.3 Å². The first-order valence-electron chi connectivity index (χ1n) is 6.91. The minimum atomic E-state index is -0.983. The first-order valence-corrected chi connectivity index (χ1v) is 6.91. The highest BCUT2D eigenvalue weighted by molar-refractivity contribution is 6.13. The molecule has 2 aliphatic heterocycles. The maximum absolute atomic E-state index is 12.6. The molecular formula is C15H17N3O3. The Morgan fingerprint density at radius 2 is 2.10 bits per heavy atom. The minimum absolute atomic E-state index is 0.118. The van der Waals surface area contributed by atoms with E-state index in [-0.39, 0.29) is 12.5 Å². The van der Waals surface area contributed by atoms with Gasteiger partial charge in [-0.05, 0) is 12.0 Å². The molecule has 0 aromatic heterocycles. The molecule has 110 valence electrons. The first-order chi connectivity index (χ1) is 10.0. The summed E-state index contributed by atoms with van der Waals surface area (Å²) >= 11 is 0. The Hall–Kier alpha value is -2.37. The van der Waals surface area contributed by atoms with Crippen LogP contribution in [0.3, 0.4) is 0 Å². The van der Waals surface area contributed by atoms with Crippen molar-refractivity contribution in [2.24, 2.45) is 10.5 Å². The van der Waals surface area contributed by atoms with E-state index in [0.717, 1.165) is 11.3 Å². The summed E-state index contributed by atoms with van der Waals surface area (Å²) < 4.78 is 0. The molecule has 6 heteroatoms. The molecule has 1 saturated heterocycles. The molecule has 1 aromatic carbocycles. The molecule has 0 unspecified atom stereocenters. The lowest BCUT2D eigenvalue weighted by Crippen LogP contribution is -2.55. The Bertz CT molecular complexity index is 614. The second-order valence-corrected chi connectivity index (χ2v) is 5.57. The van der Waals surface area contributed by atoms with E-state index < -0.39 is 11.5 Å². The predicted octanol–water partition coefficient (Wildman–Crippen LogP) is 1.43. The average Bonchev–Trinajstić information content (AvgIpc) is 2.72. The molecule has 21 heavy (non-hydrogen) atoms. The molecule has 1 N–H and O–H groups in total. The fraction of sp³-hybridized carbons (Fsp3) is 0.400. The largest absolute Gasteiger partial charge is 0.465 e. The van der Waals surface area contributed by atoms with Crippen LogP contribution in [0.1, 0.15) is 12.0 Å². The number of amides is 2. The van der Waals surface area contributed by atoms with Gasteiger partial charge in [0.1, 0.15) is 5.41 Å². The van der Waals surface area contributed by atoms with Gasteiger partial charge in [-0.25, -0.2) is 9.80 Å². The Morgan fingerprint density at radius 1 is 1.38 bits per heavy atom. The van der Waals surface area contributed by atoms with Crippen molar-refractivity contribution in [3.05, 3.63) is 35.9 Å². The van der Waals surface area contributed by atoms with Crippen LogP contribution >= 0.6 is 0 Å². The van der Waals surface area contributed by atoms with Crippen LogP contribution < -0.4 is 0 Å². The monoisotopic (exact) mass is 287 g/mol. The molecule has 0 aliphatic carbocycles. The molecular weight excluding hydrogens is 270 g/mol. The van der Waals surface area contributed by atoms with E-state index in [2.05, 4.69) is 5.10 Å². The maximum atomic E-state index is 12.6. The summed E-state index contributed by atoms with van der Waals surface area (Å²) in [4.78, 5) is 25.2. The quantitative estimate of drug-likeness (QED) is 0.894. The van der Waals surface area contributed by atoms with Crippen LogP contribution in [0.5, 0.6) is 0 Å². The third-order valence-corrected chi connectivity index (χ3v) is 4.22. The van der Waals surface area contributed by atoms with Gasteiger partial charge in [0.15, 0.2) is 0 Å². The number of likely N-dealkylation sites (tertiary alicyclic amines) is 1. The van der Waals surface area contributed by atoms with Crippen LogP contribution in [0.4, 0.5) is 4.79 Å². The van der Waals surface area contributed by atoms with Crippen LogP contribution in [0.2, 0.25) is 0 Å². The highest BCUT2D eigenvalue weighted by Crippen LogP contribution is 2.37. The van der Waals surface area contributed by atoms with Crippen molar-refractivity contribution in [2.75, 3.05) is 20.1 Å². The first kappa shape index (κ1) is 13.6. The number of carboxylic acid groups (broad SMARTS) is 1. The van der Waals surface area contributed by atoms with Gasteiger partial charge < -0.3 is 10.0 Å². The fourth-order valence-electron chi connectivity index (χ4n) is 3.19. The molecule has 0 saturated carbocycles. The van der Waals surface area contributed by atoms with Gasteiger partial charge in [0.05, 0.1) is 5.71 Å². The van der Waals surface area contributed by atoms with Gasteiger partial charge in [0.25, 0.3) is 5.91 Å². The van der Waals surface area contributed by atoms with Crippen LogP contribution in [0.15, 0.2) is 35.4 Å². The molecule has 1 aromatic rings. The topological polar surface area (TPSA) is 73.2 Å². The lowest BCUT2D eigenvalue weighted by Gasteiger charge is -2.38. The van der Waals surface area contributed by atoms with Crippen molar-refractivity contribution in [1.82, 2.24) is 9.91 Å². The summed E-state index contributed by atoms with van der Waals surface area (Å²) in [5.74, 6) is -0.118. The standard InChI is InChI=1S/C15H17N3O3/c1-17-13(19)15(9-11-5-3-2-4-6-11)10-18(14(20)21)8-7-12(15)16-17/h2-6H,7-10H2,1H3,(H,20,21)/t15-/m1/s1. The summed E-state index contributed by atoms with van der Waals surface area (Å²) in [6, 6.07) is 9.67. The third kappa shape index (κ3) is 2.16. The van der Waals surface area contributed by atoms with Gasteiger partial charge >= 0.3 is 6.09 Å². The van der Waals surface area contributed by atoms with Gasteiger partial charge in [-0.3, -0.25) is 4.79 Å². The van der Waals surface area contributed by atoms with Gasteiger partial charge in [0.2, 0.25) is 0 Å². The van der Waals surface area contributed by atoms with E-state index in [1.807, 2.05) is 30.3 Å². The minimum Gasteiger partial charge on any atom is -0.465 e. The van der Waals surface area contributed by atoms with Crippen molar-refractivity contribution >= 4 is 17.7 Å². The number of benzene rings is 1. The second kappa shape index (κ2) is 4.87. The van der Waals surface area contributed by atoms with Crippen molar-refractivity contribution in [3.8, 4) is 0 Å². The number of rotatable bonds is 2. The van der Waals surface area contributed by atoms with E-state index in [0.29, 0.717) is 19.4 Å². The zero-order chi connectivity index (χ0) is 15.0. The Labute approximate surface area is 122 Å². The Morgan fingerprint density at radius 3 is 2.76 bits per heavy atom. The van der Waals surface area contributed by atoms with Crippen LogP contribution in [-0.2, 0) is 11.2 Å². The third-order valence-electron chi connectivity index (χ3n) is 4.22. The molecule has 3 rings (SSSR count). The highest BCUT2D eigenvalue weighted by atomic mass is 16.4. The van der Waals surface area contributed by atoms with E-state index in [1.165, 1.54) is 9.91 Å². The zero-order valence-electron chi connectivity index (χ0n) is 11.8. The van der Waals surface area contributed by atoms with E-state index in [9.17, 15) is 14.7 Å². The van der Waals surface area contributed by atoms with E-state index >= 15 is 0 Å². The number of hydrazone groups is 1. The predicted molar refractivity (Wildman–Crippen MR) is 77.0 cm³/mol. The van der Waals surface area contributed by atoms with Gasteiger partial charge in [-0.15, -0.1) is 0 Å². The van der Waals surface area contributed by atoms with Crippen molar-refractivity contribution in [1.29, 1.82) is 0 Å². The summed E-state index contributed by atoms with van der Waals surface area (Å²) in [7, 11) is 1.63. The lowest BCUT2D eigenvalue weighted by atomic mass is 9.73. The molecule has 1 atom stereocenters. The summed E-state index contributed by atoms with van der Waals surface area (Å²) in [5, 5.41) is 14.9. The smallest absolute Gasteiger partial charge is 0.407 e. The van der Waals surface area contributed by atoms with Crippen molar-refractivity contribution in [3.63, 3.8) is 0 Å². The number of piperidine rings is 1. The molecule has 0 bridgehead atoms. The summed E-state index contributed by atoms with van der Waals surface area (Å²) in [6.07, 6.45) is 0.0123. The molecule has 0 radical (unpaired) electrons. The summed E-state index contributed by atoms with van der Waals surface area (Å²) in [5.41, 5.74) is 0.977. The van der Waals surface area contributed by atoms with E-state index in [4.69, 9.17) is 0 Å². The lowest BCUT2D eigenvalue weighted by molar-refractivity contribution is -0.135. The summed E-state index contributed by atoms with van der Waals surface area (Å²) in [6.45, 7) is 0.574. The SMILES string of the molecule is CN1N=C2CCN(C(=O)O)C[C@@]2(Cc2ccccc2)C1=O. The normalized spacial score (nSPS) is 24.8. The number of hydrogen-bond donors (Lipinski definition) is 1. The maximum Gasteiger partial charge on any atom is 0.407 e. The molecule has 0 spiro atoms. The molecule has 6 nitrogen and oxygen atoms in total. The molecule has 2 amide bonds. The number of carbonyl (C=O) groups excluding carboxylic acids is 1. The van der Waals surface area contributed by atoms with Gasteiger partial charge in [0, 0.05) is 26.6 Å². The molecule has 1 fully saturated rings. The Balaban J connectivity index is 1.98. The number of fused-ring (bicyclic) bond motifs is 1. The second-order valence-electron chi connectivity index (χ2n) is 5.57. The fourth-order valence-corrected chi connectivity index (χ4v) is 3.19. The number of carbonyl (C=O) groups is 2.